The molecule has 0 unspecified atom stereocenters. The van der Waals surface area contributed by atoms with Gasteiger partial charge in [0.25, 0.3) is 0 Å². The number of thioether (sulfide) groups is 1. The first-order chi connectivity index (χ1) is 11.3. The zero-order valence-electron chi connectivity index (χ0n) is 13.6. The van der Waals surface area contributed by atoms with Crippen molar-refractivity contribution in [3.8, 4) is 5.75 Å². The Hall–Kier alpha value is -1.94. The Labute approximate surface area is 141 Å². The largest absolute Gasteiger partial charge is 0.493 e. The molecule has 0 aliphatic rings. The second-order valence-electron chi connectivity index (χ2n) is 5.63. The van der Waals surface area contributed by atoms with E-state index in [1.807, 2.05) is 24.3 Å². The van der Waals surface area contributed by atoms with Crippen LogP contribution < -0.4 is 4.74 Å². The highest BCUT2D eigenvalue weighted by Gasteiger charge is 2.04. The minimum Gasteiger partial charge on any atom is -0.493 e. The number of aromatic amines is 1. The molecule has 0 saturated carbocycles. The van der Waals surface area contributed by atoms with Crippen LogP contribution in [0, 0.1) is 0 Å². The van der Waals surface area contributed by atoms with Crippen molar-refractivity contribution < 1.29 is 4.74 Å². The Bertz CT molecular complexity index is 718. The van der Waals surface area contributed by atoms with Crippen molar-refractivity contribution in [1.82, 2.24) is 9.97 Å². The Morgan fingerprint density at radius 1 is 1.13 bits per heavy atom. The minimum absolute atomic E-state index is 0.604. The van der Waals surface area contributed by atoms with E-state index in [4.69, 9.17) is 4.74 Å². The van der Waals surface area contributed by atoms with Crippen molar-refractivity contribution in [2.24, 2.45) is 0 Å². The van der Waals surface area contributed by atoms with E-state index in [-0.39, 0.29) is 0 Å². The van der Waals surface area contributed by atoms with Crippen molar-refractivity contribution in [2.75, 3.05) is 12.4 Å². The lowest BCUT2D eigenvalue weighted by molar-refractivity contribution is 0.343. The van der Waals surface area contributed by atoms with E-state index in [0.29, 0.717) is 12.5 Å². The molecule has 2 aromatic carbocycles. The van der Waals surface area contributed by atoms with Crippen molar-refractivity contribution in [1.29, 1.82) is 0 Å². The zero-order chi connectivity index (χ0) is 16.1. The molecular weight excluding hydrogens is 304 g/mol. The first kappa shape index (κ1) is 15.9. The second kappa shape index (κ2) is 7.55. The summed E-state index contributed by atoms with van der Waals surface area (Å²) in [6.07, 6.45) is 1.16. The zero-order valence-corrected chi connectivity index (χ0v) is 14.4. The number of H-pyrrole nitrogens is 1. The Morgan fingerprint density at radius 3 is 2.65 bits per heavy atom. The predicted octanol–water partition coefficient (Wildman–Crippen LogP) is 5.25. The molecule has 3 nitrogen and oxygen atoms in total. The Balaban J connectivity index is 1.47. The van der Waals surface area contributed by atoms with Gasteiger partial charge < -0.3 is 9.72 Å². The number of fused-ring (bicyclic) bond motifs is 1. The molecule has 0 fully saturated rings. The molecule has 1 N–H and O–H groups in total. The third-order valence-corrected chi connectivity index (χ3v) is 4.86. The van der Waals surface area contributed by atoms with Crippen LogP contribution >= 0.6 is 11.8 Å². The SMILES string of the molecule is CC[C@@H](C)c1ccc(OCCSc2nc3ccccc3[nH]2)cc1. The molecule has 0 bridgehead atoms. The fraction of sp³-hybridized carbons (Fsp3) is 0.316. The van der Waals surface area contributed by atoms with Crippen LogP contribution in [0.4, 0.5) is 0 Å². The molecular formula is C19H22N2OS. The van der Waals surface area contributed by atoms with Gasteiger partial charge >= 0.3 is 0 Å². The quantitative estimate of drug-likeness (QED) is 0.476. The van der Waals surface area contributed by atoms with Crippen molar-refractivity contribution in [3.63, 3.8) is 0 Å². The van der Waals surface area contributed by atoms with Crippen LogP contribution in [-0.4, -0.2) is 22.3 Å². The lowest BCUT2D eigenvalue weighted by Gasteiger charge is -2.10. The number of benzene rings is 2. The summed E-state index contributed by atoms with van der Waals surface area (Å²) in [7, 11) is 0. The van der Waals surface area contributed by atoms with Crippen LogP contribution in [0.3, 0.4) is 0 Å². The van der Waals surface area contributed by atoms with E-state index in [9.17, 15) is 0 Å². The van der Waals surface area contributed by atoms with Crippen LogP contribution in [0.25, 0.3) is 11.0 Å². The van der Waals surface area contributed by atoms with E-state index in [1.165, 1.54) is 5.56 Å². The number of nitrogens with zero attached hydrogens (tertiary/aromatic N) is 1. The molecule has 0 amide bonds. The summed E-state index contributed by atoms with van der Waals surface area (Å²) < 4.78 is 5.81. The molecule has 0 aliphatic heterocycles. The number of imidazole rings is 1. The van der Waals surface area contributed by atoms with Gasteiger partial charge in [0.15, 0.2) is 5.16 Å². The summed E-state index contributed by atoms with van der Waals surface area (Å²) in [5.74, 6) is 2.40. The normalized spacial score (nSPS) is 12.4. The number of hydrogen-bond acceptors (Lipinski definition) is 3. The molecule has 4 heteroatoms. The maximum Gasteiger partial charge on any atom is 0.166 e. The molecule has 0 radical (unpaired) electrons. The van der Waals surface area contributed by atoms with Gasteiger partial charge in [-0.3, -0.25) is 0 Å². The van der Waals surface area contributed by atoms with Gasteiger partial charge in [0.2, 0.25) is 0 Å². The van der Waals surface area contributed by atoms with E-state index in [2.05, 4.69) is 48.1 Å². The molecule has 1 aromatic heterocycles. The number of aromatic nitrogens is 2. The maximum absolute atomic E-state index is 5.81. The lowest BCUT2D eigenvalue weighted by atomic mass is 9.99. The highest BCUT2D eigenvalue weighted by Crippen LogP contribution is 2.22. The number of para-hydroxylation sites is 2. The Kier molecular flexibility index (Phi) is 5.23. The van der Waals surface area contributed by atoms with Crippen LogP contribution in [0.5, 0.6) is 5.75 Å². The van der Waals surface area contributed by atoms with Gasteiger partial charge in [-0.25, -0.2) is 4.98 Å². The van der Waals surface area contributed by atoms with Gasteiger partial charge in [-0.15, -0.1) is 0 Å². The molecule has 120 valence electrons. The third-order valence-electron chi connectivity index (χ3n) is 4.02. The molecule has 1 heterocycles. The summed E-state index contributed by atoms with van der Waals surface area (Å²) in [5.41, 5.74) is 3.46. The van der Waals surface area contributed by atoms with Crippen LogP contribution in [0.1, 0.15) is 31.7 Å². The van der Waals surface area contributed by atoms with E-state index < -0.39 is 0 Å². The summed E-state index contributed by atoms with van der Waals surface area (Å²) >= 11 is 1.69. The third kappa shape index (κ3) is 4.08. The molecule has 23 heavy (non-hydrogen) atoms. The standard InChI is InChI=1S/C19H22N2OS/c1-3-14(2)15-8-10-16(11-9-15)22-12-13-23-19-20-17-6-4-5-7-18(17)21-19/h4-11,14H,3,12-13H2,1-2H3,(H,20,21)/t14-/m1/s1. The van der Waals surface area contributed by atoms with Crippen molar-refractivity contribution in [2.45, 2.75) is 31.3 Å². The van der Waals surface area contributed by atoms with Gasteiger partial charge in [0, 0.05) is 5.75 Å². The number of ether oxygens (including phenoxy) is 1. The van der Waals surface area contributed by atoms with Crippen molar-refractivity contribution in [3.05, 3.63) is 54.1 Å². The summed E-state index contributed by atoms with van der Waals surface area (Å²) in [6.45, 7) is 5.13. The fourth-order valence-electron chi connectivity index (χ4n) is 2.42. The Morgan fingerprint density at radius 2 is 1.91 bits per heavy atom. The van der Waals surface area contributed by atoms with Gasteiger partial charge in [-0.2, -0.15) is 0 Å². The molecule has 1 atom stereocenters. The molecule has 3 aromatic rings. The molecule has 3 rings (SSSR count). The maximum atomic E-state index is 5.81. The van der Waals surface area contributed by atoms with E-state index >= 15 is 0 Å². The lowest BCUT2D eigenvalue weighted by Crippen LogP contribution is -2.00. The highest BCUT2D eigenvalue weighted by atomic mass is 32.2. The van der Waals surface area contributed by atoms with Gasteiger partial charge in [0.1, 0.15) is 5.75 Å². The average molecular weight is 326 g/mol. The first-order valence-corrected chi connectivity index (χ1v) is 9.05. The van der Waals surface area contributed by atoms with Crippen molar-refractivity contribution >= 4 is 22.8 Å². The molecule has 0 spiro atoms. The first-order valence-electron chi connectivity index (χ1n) is 8.06. The second-order valence-corrected chi connectivity index (χ2v) is 6.72. The van der Waals surface area contributed by atoms with Crippen LogP contribution in [-0.2, 0) is 0 Å². The molecule has 0 aliphatic carbocycles. The molecule has 0 saturated heterocycles. The smallest absolute Gasteiger partial charge is 0.166 e. The highest BCUT2D eigenvalue weighted by molar-refractivity contribution is 7.99. The summed E-state index contributed by atoms with van der Waals surface area (Å²) in [5, 5.41) is 0.946. The number of hydrogen-bond donors (Lipinski definition) is 1. The fourth-order valence-corrected chi connectivity index (χ4v) is 3.13. The summed E-state index contributed by atoms with van der Waals surface area (Å²) in [6, 6.07) is 16.5. The van der Waals surface area contributed by atoms with E-state index in [0.717, 1.165) is 34.1 Å². The minimum atomic E-state index is 0.604. The van der Waals surface area contributed by atoms with E-state index in [1.54, 1.807) is 11.8 Å². The predicted molar refractivity (Wildman–Crippen MR) is 97.5 cm³/mol. The van der Waals surface area contributed by atoms with Gasteiger partial charge in [0.05, 0.1) is 17.6 Å². The number of rotatable bonds is 7. The monoisotopic (exact) mass is 326 g/mol. The number of nitrogens with one attached hydrogen (secondary N) is 1. The average Bonchev–Trinajstić information content (AvgIpc) is 3.01. The van der Waals surface area contributed by atoms with Crippen LogP contribution in [0.2, 0.25) is 0 Å². The van der Waals surface area contributed by atoms with Gasteiger partial charge in [-0.05, 0) is 42.2 Å². The topological polar surface area (TPSA) is 37.9 Å². The van der Waals surface area contributed by atoms with Gasteiger partial charge in [-0.1, -0.05) is 49.9 Å². The summed E-state index contributed by atoms with van der Waals surface area (Å²) in [4.78, 5) is 7.87. The van der Waals surface area contributed by atoms with Crippen LogP contribution in [0.15, 0.2) is 53.7 Å².